The van der Waals surface area contributed by atoms with Gasteiger partial charge in [-0.25, -0.2) is 9.78 Å². The van der Waals surface area contributed by atoms with Gasteiger partial charge in [-0.2, -0.15) is 0 Å². The Hall–Kier alpha value is -2.51. The number of nitrogens with one attached hydrogen (secondary N) is 1. The van der Waals surface area contributed by atoms with Gasteiger partial charge in [0.1, 0.15) is 5.15 Å². The van der Waals surface area contributed by atoms with Crippen LogP contribution in [0.25, 0.3) is 0 Å². The van der Waals surface area contributed by atoms with Crippen LogP contribution in [0.4, 0.5) is 0 Å². The number of halogens is 1. The van der Waals surface area contributed by atoms with Crippen molar-refractivity contribution in [2.75, 3.05) is 20.3 Å². The van der Waals surface area contributed by atoms with Crippen molar-refractivity contribution in [3.05, 3.63) is 59.1 Å². The fourth-order valence-corrected chi connectivity index (χ4v) is 1.96. The number of nitrogens with zero attached hydrogens (tertiary/aromatic N) is 2. The number of esters is 1. The first-order valence-corrected chi connectivity index (χ1v) is 7.48. The summed E-state index contributed by atoms with van der Waals surface area (Å²) in [6.07, 6.45) is 3.22. The summed E-state index contributed by atoms with van der Waals surface area (Å²) >= 11 is 5.69. The van der Waals surface area contributed by atoms with Crippen molar-refractivity contribution >= 4 is 23.5 Å². The standard InChI is InChI=1S/C16H16ClN3O4/c1-23-9-8-19-15(21)14(11-4-6-18-7-5-11)24-16(22)12-2-3-13(17)20-10-12/h2-7,10,14H,8-9H2,1H3,(H,19,21). The molecular weight excluding hydrogens is 334 g/mol. The summed E-state index contributed by atoms with van der Waals surface area (Å²) in [4.78, 5) is 32.3. The fourth-order valence-electron chi connectivity index (χ4n) is 1.85. The summed E-state index contributed by atoms with van der Waals surface area (Å²) in [6, 6.07) is 6.16. The minimum atomic E-state index is -1.10. The summed E-state index contributed by atoms with van der Waals surface area (Å²) < 4.78 is 10.2. The largest absolute Gasteiger partial charge is 0.444 e. The Morgan fingerprint density at radius 1 is 1.25 bits per heavy atom. The molecule has 0 spiro atoms. The molecular formula is C16H16ClN3O4. The molecule has 8 heteroatoms. The van der Waals surface area contributed by atoms with Crippen molar-refractivity contribution in [3.63, 3.8) is 0 Å². The molecule has 7 nitrogen and oxygen atoms in total. The molecule has 0 radical (unpaired) electrons. The van der Waals surface area contributed by atoms with E-state index in [-0.39, 0.29) is 10.7 Å². The average molecular weight is 350 g/mol. The van der Waals surface area contributed by atoms with E-state index in [1.54, 1.807) is 12.1 Å². The molecule has 1 unspecified atom stereocenters. The van der Waals surface area contributed by atoms with E-state index in [9.17, 15) is 9.59 Å². The van der Waals surface area contributed by atoms with E-state index in [1.165, 1.54) is 37.8 Å². The number of methoxy groups -OCH3 is 1. The number of amides is 1. The van der Waals surface area contributed by atoms with Crippen molar-refractivity contribution in [3.8, 4) is 0 Å². The maximum atomic E-state index is 12.3. The lowest BCUT2D eigenvalue weighted by molar-refractivity contribution is -0.130. The Kier molecular flexibility index (Phi) is 6.65. The van der Waals surface area contributed by atoms with Crippen LogP contribution in [0.5, 0.6) is 0 Å². The highest BCUT2D eigenvalue weighted by molar-refractivity contribution is 6.29. The van der Waals surface area contributed by atoms with E-state index in [4.69, 9.17) is 21.1 Å². The topological polar surface area (TPSA) is 90.4 Å². The molecule has 1 N–H and O–H groups in total. The van der Waals surface area contributed by atoms with Crippen molar-refractivity contribution in [1.82, 2.24) is 15.3 Å². The van der Waals surface area contributed by atoms with Gasteiger partial charge in [-0.05, 0) is 24.3 Å². The Balaban J connectivity index is 2.14. The average Bonchev–Trinajstić information content (AvgIpc) is 2.61. The van der Waals surface area contributed by atoms with Crippen LogP contribution in [0, 0.1) is 0 Å². The third-order valence-electron chi connectivity index (χ3n) is 3.04. The van der Waals surface area contributed by atoms with Gasteiger partial charge in [0.25, 0.3) is 5.91 Å². The molecule has 2 rings (SSSR count). The van der Waals surface area contributed by atoms with Gasteiger partial charge in [-0.15, -0.1) is 0 Å². The minimum absolute atomic E-state index is 0.197. The SMILES string of the molecule is COCCNC(=O)C(OC(=O)c1ccc(Cl)nc1)c1ccncc1. The highest BCUT2D eigenvalue weighted by Crippen LogP contribution is 2.19. The van der Waals surface area contributed by atoms with Crippen LogP contribution in [0.15, 0.2) is 42.9 Å². The van der Waals surface area contributed by atoms with Gasteiger partial charge < -0.3 is 14.8 Å². The van der Waals surface area contributed by atoms with Crippen LogP contribution in [-0.4, -0.2) is 42.1 Å². The summed E-state index contributed by atoms with van der Waals surface area (Å²) in [6.45, 7) is 0.654. The highest BCUT2D eigenvalue weighted by atomic mass is 35.5. The van der Waals surface area contributed by atoms with E-state index < -0.39 is 18.0 Å². The molecule has 0 aromatic carbocycles. The number of hydrogen-bond acceptors (Lipinski definition) is 6. The summed E-state index contributed by atoms with van der Waals surface area (Å²) in [5.41, 5.74) is 0.707. The zero-order chi connectivity index (χ0) is 17.4. The molecule has 1 atom stereocenters. The zero-order valence-corrected chi connectivity index (χ0v) is 13.7. The van der Waals surface area contributed by atoms with E-state index >= 15 is 0 Å². The fraction of sp³-hybridized carbons (Fsp3) is 0.250. The second-order valence-corrected chi connectivity index (χ2v) is 5.11. The van der Waals surface area contributed by atoms with Gasteiger partial charge in [0, 0.05) is 37.8 Å². The van der Waals surface area contributed by atoms with E-state index in [2.05, 4.69) is 15.3 Å². The Labute approximate surface area is 144 Å². The minimum Gasteiger partial charge on any atom is -0.444 e. The first-order valence-electron chi connectivity index (χ1n) is 7.11. The van der Waals surface area contributed by atoms with Crippen molar-refractivity contribution < 1.29 is 19.1 Å². The van der Waals surface area contributed by atoms with Gasteiger partial charge in [-0.3, -0.25) is 9.78 Å². The lowest BCUT2D eigenvalue weighted by atomic mass is 10.1. The molecule has 24 heavy (non-hydrogen) atoms. The second kappa shape index (κ2) is 8.95. The molecule has 0 fully saturated rings. The lowest BCUT2D eigenvalue weighted by Crippen LogP contribution is -2.34. The number of ether oxygens (including phenoxy) is 2. The van der Waals surface area contributed by atoms with Crippen LogP contribution < -0.4 is 5.32 Å². The Bertz CT molecular complexity index is 679. The molecule has 2 aromatic rings. The number of pyridine rings is 2. The van der Waals surface area contributed by atoms with Gasteiger partial charge in [0.05, 0.1) is 12.2 Å². The van der Waals surface area contributed by atoms with Crippen molar-refractivity contribution in [1.29, 1.82) is 0 Å². The van der Waals surface area contributed by atoms with E-state index in [0.717, 1.165) is 0 Å². The summed E-state index contributed by atoms with van der Waals surface area (Å²) in [5.74, 6) is -1.13. The Morgan fingerprint density at radius 3 is 2.62 bits per heavy atom. The predicted octanol–water partition coefficient (Wildman–Crippen LogP) is 1.79. The van der Waals surface area contributed by atoms with Gasteiger partial charge in [0.2, 0.25) is 6.10 Å². The first-order chi connectivity index (χ1) is 11.6. The summed E-state index contributed by atoms with van der Waals surface area (Å²) in [5, 5.41) is 2.91. The van der Waals surface area contributed by atoms with Crippen LogP contribution in [0.3, 0.4) is 0 Å². The second-order valence-electron chi connectivity index (χ2n) is 4.72. The maximum Gasteiger partial charge on any atom is 0.340 e. The first kappa shape index (κ1) is 17.8. The third-order valence-corrected chi connectivity index (χ3v) is 3.26. The van der Waals surface area contributed by atoms with Gasteiger partial charge >= 0.3 is 5.97 Å². The third kappa shape index (κ3) is 5.00. The van der Waals surface area contributed by atoms with E-state index in [1.807, 2.05) is 0 Å². The van der Waals surface area contributed by atoms with Crippen molar-refractivity contribution in [2.45, 2.75) is 6.10 Å². The van der Waals surface area contributed by atoms with Crippen LogP contribution in [0.2, 0.25) is 5.15 Å². The number of hydrogen-bond donors (Lipinski definition) is 1. The normalized spacial score (nSPS) is 11.6. The zero-order valence-electron chi connectivity index (χ0n) is 12.9. The smallest absolute Gasteiger partial charge is 0.340 e. The van der Waals surface area contributed by atoms with E-state index in [0.29, 0.717) is 18.7 Å². The molecule has 0 aliphatic carbocycles. The molecule has 0 saturated carbocycles. The highest BCUT2D eigenvalue weighted by Gasteiger charge is 2.25. The van der Waals surface area contributed by atoms with Crippen LogP contribution in [-0.2, 0) is 14.3 Å². The van der Waals surface area contributed by atoms with Crippen molar-refractivity contribution in [2.24, 2.45) is 0 Å². The van der Waals surface area contributed by atoms with Crippen LogP contribution in [0.1, 0.15) is 22.0 Å². The maximum absolute atomic E-state index is 12.3. The molecule has 0 aliphatic heterocycles. The Morgan fingerprint density at radius 2 is 2.00 bits per heavy atom. The number of carbonyl (C=O) groups is 2. The quantitative estimate of drug-likeness (QED) is 0.465. The number of aromatic nitrogens is 2. The number of carbonyl (C=O) groups excluding carboxylic acids is 2. The molecule has 2 heterocycles. The predicted molar refractivity (Wildman–Crippen MR) is 86.5 cm³/mol. The molecule has 0 bridgehead atoms. The molecule has 0 saturated heterocycles. The summed E-state index contributed by atoms with van der Waals surface area (Å²) in [7, 11) is 1.53. The lowest BCUT2D eigenvalue weighted by Gasteiger charge is -2.17. The number of rotatable bonds is 7. The monoisotopic (exact) mass is 349 g/mol. The molecule has 1 amide bonds. The molecule has 126 valence electrons. The van der Waals surface area contributed by atoms with Gasteiger partial charge in [-0.1, -0.05) is 11.6 Å². The van der Waals surface area contributed by atoms with Gasteiger partial charge in [0.15, 0.2) is 0 Å². The molecule has 2 aromatic heterocycles. The van der Waals surface area contributed by atoms with Crippen LogP contribution >= 0.6 is 11.6 Å². The molecule has 0 aliphatic rings.